The summed E-state index contributed by atoms with van der Waals surface area (Å²) in [7, 11) is 1.73. The van der Waals surface area contributed by atoms with Crippen LogP contribution in [0.15, 0.2) is 69.0 Å². The number of guanidine groups is 1. The minimum atomic E-state index is 0.395. The molecule has 0 saturated heterocycles. The van der Waals surface area contributed by atoms with E-state index in [1.165, 1.54) is 4.90 Å². The second-order valence-electron chi connectivity index (χ2n) is 5.53. The van der Waals surface area contributed by atoms with E-state index in [4.69, 9.17) is 16.1 Å². The summed E-state index contributed by atoms with van der Waals surface area (Å²) in [6, 6.07) is 17.6. The Hall–Kier alpha value is -2.51. The van der Waals surface area contributed by atoms with Crippen molar-refractivity contribution in [1.82, 2.24) is 20.8 Å². The maximum Gasteiger partial charge on any atom is 0.246 e. The van der Waals surface area contributed by atoms with Gasteiger partial charge in [0.05, 0.1) is 6.54 Å². The molecule has 140 valence electrons. The summed E-state index contributed by atoms with van der Waals surface area (Å²) in [5, 5.41) is 11.1. The molecule has 0 atom stereocenters. The third-order valence-corrected chi connectivity index (χ3v) is 4.87. The summed E-state index contributed by atoms with van der Waals surface area (Å²) < 4.78 is 5.28. The first-order valence-corrected chi connectivity index (χ1v) is 9.82. The molecule has 27 heavy (non-hydrogen) atoms. The quantitative estimate of drug-likeness (QED) is 0.271. The van der Waals surface area contributed by atoms with Crippen molar-refractivity contribution in [2.24, 2.45) is 4.99 Å². The number of rotatable bonds is 7. The third kappa shape index (κ3) is 6.01. The van der Waals surface area contributed by atoms with Crippen molar-refractivity contribution in [1.29, 1.82) is 0 Å². The van der Waals surface area contributed by atoms with Crippen LogP contribution in [0.2, 0.25) is 5.02 Å². The molecular formula is C19H20ClN5OS. The van der Waals surface area contributed by atoms with Gasteiger partial charge in [-0.15, -0.1) is 11.8 Å². The van der Waals surface area contributed by atoms with Crippen LogP contribution in [0.25, 0.3) is 11.4 Å². The van der Waals surface area contributed by atoms with Gasteiger partial charge in [-0.25, -0.2) is 0 Å². The van der Waals surface area contributed by atoms with Gasteiger partial charge in [0.15, 0.2) is 5.96 Å². The molecule has 0 amide bonds. The summed E-state index contributed by atoms with van der Waals surface area (Å²) in [6.07, 6.45) is 0. The van der Waals surface area contributed by atoms with Gasteiger partial charge in [-0.3, -0.25) is 4.99 Å². The Bertz CT molecular complexity index is 867. The number of nitrogens with zero attached hydrogens (tertiary/aromatic N) is 3. The van der Waals surface area contributed by atoms with Gasteiger partial charge in [0.1, 0.15) is 0 Å². The van der Waals surface area contributed by atoms with Gasteiger partial charge in [-0.1, -0.05) is 35.0 Å². The first kappa shape index (κ1) is 19.3. The highest BCUT2D eigenvalue weighted by Gasteiger charge is 2.09. The van der Waals surface area contributed by atoms with Crippen molar-refractivity contribution >= 4 is 29.3 Å². The standard InChI is InChI=1S/C19H20ClN5OS/c1-21-19(22-11-12-27-16-5-3-2-4-6-16)23-13-17-24-18(25-26-17)14-7-9-15(20)10-8-14/h2-10H,11-13H2,1H3,(H2,21,22,23). The number of nitrogens with one attached hydrogen (secondary N) is 2. The Balaban J connectivity index is 1.43. The van der Waals surface area contributed by atoms with E-state index in [2.05, 4.69) is 37.9 Å². The van der Waals surface area contributed by atoms with Gasteiger partial charge < -0.3 is 15.2 Å². The molecule has 0 aliphatic rings. The average molecular weight is 402 g/mol. The molecule has 0 bridgehead atoms. The summed E-state index contributed by atoms with van der Waals surface area (Å²) in [6.45, 7) is 1.19. The molecule has 6 nitrogen and oxygen atoms in total. The van der Waals surface area contributed by atoms with E-state index in [0.29, 0.717) is 29.2 Å². The van der Waals surface area contributed by atoms with Gasteiger partial charge >= 0.3 is 0 Å². The van der Waals surface area contributed by atoms with Crippen molar-refractivity contribution in [3.8, 4) is 11.4 Å². The summed E-state index contributed by atoms with van der Waals surface area (Å²) in [5.41, 5.74) is 0.856. The Labute approximate surface area is 167 Å². The monoisotopic (exact) mass is 401 g/mol. The van der Waals surface area contributed by atoms with E-state index in [1.807, 2.05) is 30.3 Å². The molecule has 2 N–H and O–H groups in total. The average Bonchev–Trinajstić information content (AvgIpc) is 3.18. The molecule has 0 radical (unpaired) electrons. The molecule has 1 heterocycles. The molecule has 8 heteroatoms. The van der Waals surface area contributed by atoms with Gasteiger partial charge in [0.2, 0.25) is 11.7 Å². The Morgan fingerprint density at radius 1 is 1.11 bits per heavy atom. The van der Waals surface area contributed by atoms with Crippen molar-refractivity contribution < 1.29 is 4.52 Å². The molecule has 0 fully saturated rings. The van der Waals surface area contributed by atoms with Crippen LogP contribution in [0.5, 0.6) is 0 Å². The third-order valence-electron chi connectivity index (χ3n) is 3.61. The largest absolute Gasteiger partial charge is 0.356 e. The second kappa shape index (κ2) is 9.99. The molecule has 3 aromatic rings. The van der Waals surface area contributed by atoms with Gasteiger partial charge in [0.25, 0.3) is 0 Å². The topological polar surface area (TPSA) is 75.3 Å². The van der Waals surface area contributed by atoms with Gasteiger partial charge in [0, 0.05) is 34.8 Å². The zero-order valence-corrected chi connectivity index (χ0v) is 16.4. The molecule has 0 saturated carbocycles. The van der Waals surface area contributed by atoms with Gasteiger partial charge in [-0.2, -0.15) is 4.98 Å². The highest BCUT2D eigenvalue weighted by Crippen LogP contribution is 2.18. The number of benzene rings is 2. The summed E-state index contributed by atoms with van der Waals surface area (Å²) in [5.74, 6) is 2.65. The van der Waals surface area contributed by atoms with Crippen molar-refractivity contribution in [3.05, 3.63) is 65.5 Å². The van der Waals surface area contributed by atoms with Crippen LogP contribution in [0.3, 0.4) is 0 Å². The number of thioether (sulfide) groups is 1. The number of hydrogen-bond acceptors (Lipinski definition) is 5. The highest BCUT2D eigenvalue weighted by atomic mass is 35.5. The fraction of sp³-hybridized carbons (Fsp3) is 0.211. The fourth-order valence-electron chi connectivity index (χ4n) is 2.28. The Kier molecular flexibility index (Phi) is 7.12. The lowest BCUT2D eigenvalue weighted by atomic mass is 10.2. The van der Waals surface area contributed by atoms with Crippen LogP contribution < -0.4 is 10.6 Å². The van der Waals surface area contributed by atoms with E-state index >= 15 is 0 Å². The van der Waals surface area contributed by atoms with E-state index in [1.54, 1.807) is 30.9 Å². The second-order valence-corrected chi connectivity index (χ2v) is 7.14. The van der Waals surface area contributed by atoms with E-state index in [9.17, 15) is 0 Å². The lowest BCUT2D eigenvalue weighted by molar-refractivity contribution is 0.375. The van der Waals surface area contributed by atoms with Crippen LogP contribution in [0.4, 0.5) is 0 Å². The Morgan fingerprint density at radius 3 is 2.63 bits per heavy atom. The molecule has 0 spiro atoms. The minimum absolute atomic E-state index is 0.395. The molecular weight excluding hydrogens is 382 g/mol. The zero-order chi connectivity index (χ0) is 18.9. The van der Waals surface area contributed by atoms with Crippen molar-refractivity contribution in [2.45, 2.75) is 11.4 Å². The lowest BCUT2D eigenvalue weighted by Gasteiger charge is -2.10. The molecule has 1 aromatic heterocycles. The van der Waals surface area contributed by atoms with Crippen LogP contribution >= 0.6 is 23.4 Å². The van der Waals surface area contributed by atoms with E-state index in [-0.39, 0.29) is 0 Å². The number of halogens is 1. The van der Waals surface area contributed by atoms with Crippen molar-refractivity contribution in [2.75, 3.05) is 19.3 Å². The molecule has 0 aliphatic carbocycles. The van der Waals surface area contributed by atoms with Crippen molar-refractivity contribution in [3.63, 3.8) is 0 Å². The molecule has 0 aliphatic heterocycles. The number of hydrogen-bond donors (Lipinski definition) is 2. The van der Waals surface area contributed by atoms with Crippen LogP contribution in [-0.2, 0) is 6.54 Å². The van der Waals surface area contributed by atoms with Gasteiger partial charge in [-0.05, 0) is 36.4 Å². The maximum atomic E-state index is 5.90. The molecule has 2 aromatic carbocycles. The predicted molar refractivity (Wildman–Crippen MR) is 110 cm³/mol. The van der Waals surface area contributed by atoms with E-state index < -0.39 is 0 Å². The van der Waals surface area contributed by atoms with Crippen LogP contribution in [0, 0.1) is 0 Å². The van der Waals surface area contributed by atoms with Crippen LogP contribution in [-0.4, -0.2) is 35.4 Å². The number of aromatic nitrogens is 2. The first-order valence-electron chi connectivity index (χ1n) is 8.45. The highest BCUT2D eigenvalue weighted by molar-refractivity contribution is 7.99. The Morgan fingerprint density at radius 2 is 1.89 bits per heavy atom. The smallest absolute Gasteiger partial charge is 0.246 e. The fourth-order valence-corrected chi connectivity index (χ4v) is 3.19. The zero-order valence-electron chi connectivity index (χ0n) is 14.9. The summed E-state index contributed by atoms with van der Waals surface area (Å²) in [4.78, 5) is 9.84. The van der Waals surface area contributed by atoms with Crippen LogP contribution in [0.1, 0.15) is 5.89 Å². The first-order chi connectivity index (χ1) is 13.2. The number of aliphatic imine (C=N–C) groups is 1. The SMILES string of the molecule is CN=C(NCCSc1ccccc1)NCc1nc(-c2ccc(Cl)cc2)no1. The predicted octanol–water partition coefficient (Wildman–Crippen LogP) is 3.85. The normalized spacial score (nSPS) is 11.4. The maximum absolute atomic E-state index is 5.90. The minimum Gasteiger partial charge on any atom is -0.356 e. The lowest BCUT2D eigenvalue weighted by Crippen LogP contribution is -2.38. The molecule has 3 rings (SSSR count). The van der Waals surface area contributed by atoms with E-state index in [0.717, 1.165) is 17.9 Å². The molecule has 0 unspecified atom stereocenters. The summed E-state index contributed by atoms with van der Waals surface area (Å²) >= 11 is 7.69.